The lowest BCUT2D eigenvalue weighted by atomic mass is 10.0. The van der Waals surface area contributed by atoms with Gasteiger partial charge in [0.1, 0.15) is 5.75 Å². The molecular formula is C15H22ClNO. The van der Waals surface area contributed by atoms with Gasteiger partial charge in [-0.25, -0.2) is 0 Å². The second kappa shape index (κ2) is 8.17. The minimum Gasteiger partial charge on any atom is -0.492 e. The van der Waals surface area contributed by atoms with Crippen molar-refractivity contribution in [3.63, 3.8) is 0 Å². The summed E-state index contributed by atoms with van der Waals surface area (Å²) in [6.07, 6.45) is 5.54. The van der Waals surface area contributed by atoms with Crippen LogP contribution < -0.4 is 10.5 Å². The Hall–Kier alpha value is -0.990. The highest BCUT2D eigenvalue weighted by Gasteiger charge is 2.11. The molecule has 0 saturated heterocycles. The normalized spacial score (nSPS) is 12.2. The number of allylic oxidation sites excluding steroid dienone is 1. The Kier molecular flexibility index (Phi) is 6.84. The molecule has 0 heterocycles. The molecule has 0 spiro atoms. The van der Waals surface area contributed by atoms with E-state index in [0.29, 0.717) is 11.6 Å². The lowest BCUT2D eigenvalue weighted by molar-refractivity contribution is 0.308. The summed E-state index contributed by atoms with van der Waals surface area (Å²) in [5.74, 6) is 0.784. The third-order valence-electron chi connectivity index (χ3n) is 2.85. The fourth-order valence-corrected chi connectivity index (χ4v) is 1.95. The second-order valence-electron chi connectivity index (χ2n) is 4.38. The molecule has 0 radical (unpaired) electrons. The second-order valence-corrected chi connectivity index (χ2v) is 4.79. The lowest BCUT2D eigenvalue weighted by Gasteiger charge is -2.15. The van der Waals surface area contributed by atoms with Crippen LogP contribution in [0.25, 0.3) is 0 Å². The van der Waals surface area contributed by atoms with Crippen LogP contribution in [0.3, 0.4) is 0 Å². The zero-order chi connectivity index (χ0) is 13.4. The number of halogens is 1. The number of rotatable bonds is 8. The van der Waals surface area contributed by atoms with Gasteiger partial charge in [-0.1, -0.05) is 36.7 Å². The zero-order valence-corrected chi connectivity index (χ0v) is 11.7. The van der Waals surface area contributed by atoms with E-state index in [1.54, 1.807) is 0 Å². The first kappa shape index (κ1) is 15.1. The van der Waals surface area contributed by atoms with E-state index in [1.165, 1.54) is 0 Å². The predicted octanol–water partition coefficient (Wildman–Crippen LogP) is 3.96. The first-order chi connectivity index (χ1) is 8.69. The summed E-state index contributed by atoms with van der Waals surface area (Å²) in [6.45, 7) is 6.43. The average molecular weight is 268 g/mol. The van der Waals surface area contributed by atoms with E-state index in [2.05, 4.69) is 13.5 Å². The molecule has 0 aromatic heterocycles. The third-order valence-corrected chi connectivity index (χ3v) is 3.15. The van der Waals surface area contributed by atoms with Crippen LogP contribution in [0, 0.1) is 0 Å². The number of nitrogens with two attached hydrogens (primary N) is 1. The van der Waals surface area contributed by atoms with Crippen molar-refractivity contribution in [2.45, 2.75) is 38.6 Å². The SMILES string of the molecule is C=CCCCOc1c(Cl)cccc1CC(N)CC. The maximum Gasteiger partial charge on any atom is 0.141 e. The van der Waals surface area contributed by atoms with Crippen LogP contribution in [0.5, 0.6) is 5.75 Å². The summed E-state index contributed by atoms with van der Waals surface area (Å²) in [5, 5.41) is 0.661. The van der Waals surface area contributed by atoms with E-state index in [-0.39, 0.29) is 6.04 Å². The van der Waals surface area contributed by atoms with Crippen LogP contribution in [0.1, 0.15) is 31.7 Å². The maximum atomic E-state index is 6.18. The highest BCUT2D eigenvalue weighted by molar-refractivity contribution is 6.32. The minimum atomic E-state index is 0.152. The molecule has 0 aliphatic heterocycles. The van der Waals surface area contributed by atoms with E-state index in [9.17, 15) is 0 Å². The molecule has 1 aromatic carbocycles. The molecule has 2 nitrogen and oxygen atoms in total. The Bertz CT molecular complexity index is 379. The van der Waals surface area contributed by atoms with Crippen molar-refractivity contribution in [2.24, 2.45) is 5.73 Å². The summed E-state index contributed by atoms with van der Waals surface area (Å²) in [7, 11) is 0. The van der Waals surface area contributed by atoms with E-state index >= 15 is 0 Å². The highest BCUT2D eigenvalue weighted by Crippen LogP contribution is 2.29. The smallest absolute Gasteiger partial charge is 0.141 e. The first-order valence-corrected chi connectivity index (χ1v) is 6.83. The number of para-hydroxylation sites is 1. The predicted molar refractivity (Wildman–Crippen MR) is 78.3 cm³/mol. The number of hydrogen-bond acceptors (Lipinski definition) is 2. The van der Waals surface area contributed by atoms with Gasteiger partial charge in [0.2, 0.25) is 0 Å². The molecule has 3 heteroatoms. The van der Waals surface area contributed by atoms with E-state index < -0.39 is 0 Å². The van der Waals surface area contributed by atoms with Crippen LogP contribution in [0.15, 0.2) is 30.9 Å². The molecular weight excluding hydrogens is 246 g/mol. The van der Waals surface area contributed by atoms with Gasteiger partial charge in [0, 0.05) is 6.04 Å². The molecule has 100 valence electrons. The molecule has 1 atom stereocenters. The van der Waals surface area contributed by atoms with Crippen molar-refractivity contribution in [1.29, 1.82) is 0 Å². The van der Waals surface area contributed by atoms with Gasteiger partial charge in [-0.3, -0.25) is 0 Å². The van der Waals surface area contributed by atoms with Crippen LogP contribution in [-0.4, -0.2) is 12.6 Å². The summed E-state index contributed by atoms with van der Waals surface area (Å²) < 4.78 is 5.78. The minimum absolute atomic E-state index is 0.152. The van der Waals surface area contributed by atoms with Gasteiger partial charge in [0.25, 0.3) is 0 Å². The van der Waals surface area contributed by atoms with Crippen LogP contribution in [0.4, 0.5) is 0 Å². The molecule has 2 N–H and O–H groups in total. The Morgan fingerprint density at radius 1 is 1.50 bits per heavy atom. The molecule has 0 bridgehead atoms. The summed E-state index contributed by atoms with van der Waals surface area (Å²) in [4.78, 5) is 0. The molecule has 0 aliphatic carbocycles. The number of unbranched alkanes of at least 4 members (excludes halogenated alkanes) is 1. The van der Waals surface area contributed by atoms with Crippen molar-refractivity contribution < 1.29 is 4.74 Å². The first-order valence-electron chi connectivity index (χ1n) is 6.45. The van der Waals surface area contributed by atoms with Crippen molar-refractivity contribution >= 4 is 11.6 Å². The number of ether oxygens (including phenoxy) is 1. The summed E-state index contributed by atoms with van der Waals surface area (Å²) in [5.41, 5.74) is 7.08. The molecule has 1 aromatic rings. The lowest BCUT2D eigenvalue weighted by Crippen LogP contribution is -2.21. The van der Waals surface area contributed by atoms with Crippen LogP contribution >= 0.6 is 11.6 Å². The van der Waals surface area contributed by atoms with Gasteiger partial charge in [-0.2, -0.15) is 0 Å². The fourth-order valence-electron chi connectivity index (χ4n) is 1.70. The third kappa shape index (κ3) is 4.71. The highest BCUT2D eigenvalue weighted by atomic mass is 35.5. The molecule has 1 rings (SSSR count). The molecule has 1 unspecified atom stereocenters. The topological polar surface area (TPSA) is 35.2 Å². The standard InChI is InChI=1S/C15H22ClNO/c1-3-5-6-10-18-15-12(11-13(17)4-2)8-7-9-14(15)16/h3,7-9,13H,1,4-6,10-11,17H2,2H3. The molecule has 0 saturated carbocycles. The van der Waals surface area contributed by atoms with Crippen molar-refractivity contribution in [1.82, 2.24) is 0 Å². The van der Waals surface area contributed by atoms with Crippen molar-refractivity contribution in [3.05, 3.63) is 41.4 Å². The summed E-state index contributed by atoms with van der Waals surface area (Å²) in [6, 6.07) is 5.98. The maximum absolute atomic E-state index is 6.18. The zero-order valence-electron chi connectivity index (χ0n) is 11.0. The van der Waals surface area contributed by atoms with Crippen molar-refractivity contribution in [3.8, 4) is 5.75 Å². The van der Waals surface area contributed by atoms with Crippen LogP contribution in [0.2, 0.25) is 5.02 Å². The van der Waals surface area contributed by atoms with Gasteiger partial charge in [0.15, 0.2) is 0 Å². The average Bonchev–Trinajstić information content (AvgIpc) is 2.37. The van der Waals surface area contributed by atoms with Gasteiger partial charge >= 0.3 is 0 Å². The van der Waals surface area contributed by atoms with E-state index in [4.69, 9.17) is 22.1 Å². The fraction of sp³-hybridized carbons (Fsp3) is 0.467. The van der Waals surface area contributed by atoms with E-state index in [0.717, 1.165) is 37.0 Å². The van der Waals surface area contributed by atoms with Crippen LogP contribution in [-0.2, 0) is 6.42 Å². The molecule has 0 amide bonds. The molecule has 18 heavy (non-hydrogen) atoms. The van der Waals surface area contributed by atoms with Gasteiger partial charge < -0.3 is 10.5 Å². The van der Waals surface area contributed by atoms with Gasteiger partial charge in [-0.15, -0.1) is 6.58 Å². The number of benzene rings is 1. The molecule has 0 aliphatic rings. The largest absolute Gasteiger partial charge is 0.492 e. The summed E-state index contributed by atoms with van der Waals surface area (Å²) >= 11 is 6.18. The molecule has 0 fully saturated rings. The number of hydrogen-bond donors (Lipinski definition) is 1. The van der Waals surface area contributed by atoms with E-state index in [1.807, 2.05) is 24.3 Å². The van der Waals surface area contributed by atoms with Gasteiger partial charge in [0.05, 0.1) is 11.6 Å². The van der Waals surface area contributed by atoms with Crippen molar-refractivity contribution in [2.75, 3.05) is 6.61 Å². The Labute approximate surface area is 115 Å². The monoisotopic (exact) mass is 267 g/mol. The Morgan fingerprint density at radius 3 is 2.94 bits per heavy atom. The quantitative estimate of drug-likeness (QED) is 0.571. The van der Waals surface area contributed by atoms with Gasteiger partial charge in [-0.05, 0) is 37.3 Å². The Balaban J connectivity index is 2.70. The Morgan fingerprint density at radius 2 is 2.28 bits per heavy atom.